The SMILES string of the molecule is O=C(O)/C=C/c1ccc(/C=N/n2cnc3ccccc32)cc1. The molecule has 1 aromatic heterocycles. The first kappa shape index (κ1) is 13.8. The topological polar surface area (TPSA) is 67.5 Å². The number of carboxylic acid groups (broad SMARTS) is 1. The van der Waals surface area contributed by atoms with Crippen molar-refractivity contribution in [3.63, 3.8) is 0 Å². The number of hydrogen-bond acceptors (Lipinski definition) is 3. The lowest BCUT2D eigenvalue weighted by molar-refractivity contribution is -0.131. The zero-order valence-electron chi connectivity index (χ0n) is 11.6. The molecule has 0 radical (unpaired) electrons. The number of benzene rings is 2. The summed E-state index contributed by atoms with van der Waals surface area (Å²) in [5.41, 5.74) is 3.59. The van der Waals surface area contributed by atoms with Gasteiger partial charge in [-0.2, -0.15) is 5.10 Å². The first-order valence-corrected chi connectivity index (χ1v) is 6.70. The van der Waals surface area contributed by atoms with Crippen LogP contribution in [0.3, 0.4) is 0 Å². The molecule has 0 aliphatic carbocycles. The zero-order chi connectivity index (χ0) is 15.4. The van der Waals surface area contributed by atoms with Gasteiger partial charge in [-0.25, -0.2) is 14.5 Å². The van der Waals surface area contributed by atoms with Crippen LogP contribution in [-0.2, 0) is 4.79 Å². The number of carbonyl (C=O) groups is 1. The monoisotopic (exact) mass is 291 g/mol. The fraction of sp³-hybridized carbons (Fsp3) is 0. The van der Waals surface area contributed by atoms with Gasteiger partial charge in [-0.3, -0.25) is 0 Å². The van der Waals surface area contributed by atoms with Crippen molar-refractivity contribution in [2.45, 2.75) is 0 Å². The summed E-state index contributed by atoms with van der Waals surface area (Å²) in [7, 11) is 0. The molecule has 0 atom stereocenters. The highest BCUT2D eigenvalue weighted by atomic mass is 16.4. The van der Waals surface area contributed by atoms with Crippen LogP contribution in [0, 0.1) is 0 Å². The van der Waals surface area contributed by atoms with Gasteiger partial charge in [-0.15, -0.1) is 0 Å². The normalized spacial score (nSPS) is 11.6. The Balaban J connectivity index is 1.79. The molecule has 3 rings (SSSR count). The fourth-order valence-corrected chi connectivity index (χ4v) is 2.03. The third kappa shape index (κ3) is 3.09. The lowest BCUT2D eigenvalue weighted by Crippen LogP contribution is -1.89. The van der Waals surface area contributed by atoms with Gasteiger partial charge in [-0.05, 0) is 29.3 Å². The second-order valence-corrected chi connectivity index (χ2v) is 4.66. The van der Waals surface area contributed by atoms with Crippen molar-refractivity contribution in [1.82, 2.24) is 9.66 Å². The highest BCUT2D eigenvalue weighted by Crippen LogP contribution is 2.11. The molecule has 1 N–H and O–H groups in total. The van der Waals surface area contributed by atoms with E-state index < -0.39 is 5.97 Å². The van der Waals surface area contributed by atoms with E-state index in [9.17, 15) is 4.79 Å². The molecule has 5 heteroatoms. The summed E-state index contributed by atoms with van der Waals surface area (Å²) < 4.78 is 1.72. The number of aliphatic carboxylic acids is 1. The van der Waals surface area contributed by atoms with Gasteiger partial charge in [0, 0.05) is 6.08 Å². The van der Waals surface area contributed by atoms with E-state index in [4.69, 9.17) is 5.11 Å². The molecule has 0 aliphatic rings. The molecule has 0 unspecified atom stereocenters. The van der Waals surface area contributed by atoms with E-state index in [-0.39, 0.29) is 0 Å². The molecule has 0 fully saturated rings. The van der Waals surface area contributed by atoms with Gasteiger partial charge in [0.15, 0.2) is 0 Å². The number of rotatable bonds is 4. The minimum atomic E-state index is -0.961. The highest BCUT2D eigenvalue weighted by Gasteiger charge is 1.98. The molecule has 0 bridgehead atoms. The van der Waals surface area contributed by atoms with E-state index in [0.29, 0.717) is 0 Å². The van der Waals surface area contributed by atoms with E-state index in [1.165, 1.54) is 0 Å². The lowest BCUT2D eigenvalue weighted by atomic mass is 10.1. The molecule has 108 valence electrons. The second-order valence-electron chi connectivity index (χ2n) is 4.66. The predicted octanol–water partition coefficient (Wildman–Crippen LogP) is 3.02. The van der Waals surface area contributed by atoms with Crippen LogP contribution in [0.2, 0.25) is 0 Å². The Bertz CT molecular complexity index is 861. The van der Waals surface area contributed by atoms with Crippen molar-refractivity contribution in [3.8, 4) is 0 Å². The summed E-state index contributed by atoms with van der Waals surface area (Å²) in [6.45, 7) is 0. The quantitative estimate of drug-likeness (QED) is 0.593. The molecular formula is C17H13N3O2. The molecule has 0 amide bonds. The van der Waals surface area contributed by atoms with E-state index in [2.05, 4.69) is 10.1 Å². The van der Waals surface area contributed by atoms with Gasteiger partial charge in [0.25, 0.3) is 0 Å². The summed E-state index contributed by atoms with van der Waals surface area (Å²) in [6, 6.07) is 15.2. The minimum Gasteiger partial charge on any atom is -0.478 e. The molecule has 3 aromatic rings. The Labute approximate surface area is 126 Å². The minimum absolute atomic E-state index is 0.827. The van der Waals surface area contributed by atoms with Crippen molar-refractivity contribution in [1.29, 1.82) is 0 Å². The highest BCUT2D eigenvalue weighted by molar-refractivity contribution is 5.86. The molecule has 2 aromatic carbocycles. The number of para-hydroxylation sites is 2. The largest absolute Gasteiger partial charge is 0.478 e. The van der Waals surface area contributed by atoms with Crippen LogP contribution in [0.5, 0.6) is 0 Å². The van der Waals surface area contributed by atoms with E-state index in [1.54, 1.807) is 23.3 Å². The smallest absolute Gasteiger partial charge is 0.328 e. The fourth-order valence-electron chi connectivity index (χ4n) is 2.03. The number of aromatic nitrogens is 2. The molecule has 1 heterocycles. The molecule has 22 heavy (non-hydrogen) atoms. The molecule has 0 saturated carbocycles. The maximum atomic E-state index is 10.5. The zero-order valence-corrected chi connectivity index (χ0v) is 11.6. The number of fused-ring (bicyclic) bond motifs is 1. The average Bonchev–Trinajstić information content (AvgIpc) is 2.95. The maximum absolute atomic E-state index is 10.5. The number of carboxylic acids is 1. The van der Waals surface area contributed by atoms with Gasteiger partial charge in [0.2, 0.25) is 0 Å². The van der Waals surface area contributed by atoms with E-state index in [1.807, 2.05) is 48.5 Å². The Morgan fingerprint density at radius 1 is 1.09 bits per heavy atom. The summed E-state index contributed by atoms with van der Waals surface area (Å²) in [6.07, 6.45) is 6.07. The van der Waals surface area contributed by atoms with Gasteiger partial charge < -0.3 is 5.11 Å². The molecular weight excluding hydrogens is 278 g/mol. The third-order valence-electron chi connectivity index (χ3n) is 3.12. The van der Waals surface area contributed by atoms with Crippen LogP contribution < -0.4 is 0 Å². The van der Waals surface area contributed by atoms with Crippen molar-refractivity contribution < 1.29 is 9.90 Å². The number of imidazole rings is 1. The van der Waals surface area contributed by atoms with Crippen molar-refractivity contribution in [2.75, 3.05) is 0 Å². The molecule has 5 nitrogen and oxygen atoms in total. The first-order chi connectivity index (χ1) is 10.7. The van der Waals surface area contributed by atoms with Crippen molar-refractivity contribution in [3.05, 3.63) is 72.1 Å². The molecule has 0 saturated heterocycles. The van der Waals surface area contributed by atoms with Gasteiger partial charge in [0.05, 0.1) is 17.2 Å². The van der Waals surface area contributed by atoms with Crippen LogP contribution in [0.15, 0.2) is 66.0 Å². The van der Waals surface area contributed by atoms with Crippen molar-refractivity contribution >= 4 is 29.3 Å². The van der Waals surface area contributed by atoms with Gasteiger partial charge >= 0.3 is 5.97 Å². The van der Waals surface area contributed by atoms with E-state index >= 15 is 0 Å². The van der Waals surface area contributed by atoms with Crippen LogP contribution >= 0.6 is 0 Å². The Hall–Kier alpha value is -3.21. The van der Waals surface area contributed by atoms with Crippen LogP contribution in [0.1, 0.15) is 11.1 Å². The summed E-state index contributed by atoms with van der Waals surface area (Å²) >= 11 is 0. The number of hydrogen-bond donors (Lipinski definition) is 1. The Kier molecular flexibility index (Phi) is 3.78. The first-order valence-electron chi connectivity index (χ1n) is 6.70. The predicted molar refractivity (Wildman–Crippen MR) is 85.8 cm³/mol. The van der Waals surface area contributed by atoms with Crippen molar-refractivity contribution in [2.24, 2.45) is 5.10 Å². The van der Waals surface area contributed by atoms with Crippen LogP contribution in [0.25, 0.3) is 17.1 Å². The van der Waals surface area contributed by atoms with Gasteiger partial charge in [-0.1, -0.05) is 36.4 Å². The summed E-state index contributed by atoms with van der Waals surface area (Å²) in [4.78, 5) is 14.7. The third-order valence-corrected chi connectivity index (χ3v) is 3.12. The molecule has 0 aliphatic heterocycles. The Morgan fingerprint density at radius 3 is 2.59 bits per heavy atom. The van der Waals surface area contributed by atoms with Crippen LogP contribution in [-0.4, -0.2) is 27.0 Å². The second kappa shape index (κ2) is 6.05. The van der Waals surface area contributed by atoms with Gasteiger partial charge in [0.1, 0.15) is 6.33 Å². The van der Waals surface area contributed by atoms with Crippen LogP contribution in [0.4, 0.5) is 0 Å². The van der Waals surface area contributed by atoms with E-state index in [0.717, 1.165) is 28.2 Å². The Morgan fingerprint density at radius 2 is 1.82 bits per heavy atom. The maximum Gasteiger partial charge on any atom is 0.328 e. The molecule has 0 spiro atoms. The summed E-state index contributed by atoms with van der Waals surface area (Å²) in [5.74, 6) is -0.961. The standard InChI is InChI=1S/C17H13N3O2/c21-17(22)10-9-13-5-7-14(8-6-13)11-19-20-12-18-15-3-1-2-4-16(15)20/h1-12H,(H,21,22)/b10-9+,19-11+. The number of nitrogens with zero attached hydrogens (tertiary/aromatic N) is 3. The average molecular weight is 291 g/mol. The summed E-state index contributed by atoms with van der Waals surface area (Å²) in [5, 5.41) is 13.0. The lowest BCUT2D eigenvalue weighted by Gasteiger charge is -1.97.